The number of nitriles is 1. The minimum absolute atomic E-state index is 0.0980. The number of rotatable bonds is 2. The van der Waals surface area contributed by atoms with Gasteiger partial charge in [0.2, 0.25) is 0 Å². The van der Waals surface area contributed by atoms with Gasteiger partial charge in [-0.1, -0.05) is 11.6 Å². The fourth-order valence-corrected chi connectivity index (χ4v) is 1.77. The molecule has 0 unspecified atom stereocenters. The number of nitrogens with zero attached hydrogens (tertiary/aromatic N) is 2. The number of halogens is 4. The van der Waals surface area contributed by atoms with Crippen LogP contribution in [0.2, 0.25) is 5.15 Å². The number of benzene rings is 1. The van der Waals surface area contributed by atoms with E-state index in [9.17, 15) is 13.2 Å². The summed E-state index contributed by atoms with van der Waals surface area (Å²) in [4.78, 5) is 3.80. The Morgan fingerprint density at radius 1 is 1.24 bits per heavy atom. The molecule has 2 aromatic rings. The van der Waals surface area contributed by atoms with Gasteiger partial charge in [0.05, 0.1) is 17.2 Å². The van der Waals surface area contributed by atoms with Gasteiger partial charge in [0.15, 0.2) is 0 Å². The van der Waals surface area contributed by atoms with Crippen LogP contribution >= 0.6 is 11.6 Å². The van der Waals surface area contributed by atoms with Gasteiger partial charge in [-0.15, -0.1) is 0 Å². The number of alkyl halides is 3. The van der Waals surface area contributed by atoms with Gasteiger partial charge in [-0.3, -0.25) is 0 Å². The fraction of sp³-hybridized carbons (Fsp3) is 0.143. The van der Waals surface area contributed by atoms with E-state index in [1.165, 1.54) is 18.3 Å². The third-order valence-electron chi connectivity index (χ3n) is 2.65. The van der Waals surface area contributed by atoms with Crippen molar-refractivity contribution in [3.63, 3.8) is 0 Å². The average Bonchev–Trinajstić information content (AvgIpc) is 2.42. The molecule has 0 aliphatic heterocycles. The smallest absolute Gasteiger partial charge is 0.420 e. The van der Waals surface area contributed by atoms with Gasteiger partial charge in [0, 0.05) is 17.8 Å². The van der Waals surface area contributed by atoms with Gasteiger partial charge in [-0.25, -0.2) is 4.98 Å². The minimum Gasteiger partial charge on any atom is -0.456 e. The molecule has 0 atom stereocenters. The first-order chi connectivity index (χ1) is 9.81. The molecule has 108 valence electrons. The zero-order chi connectivity index (χ0) is 15.6. The molecule has 0 spiro atoms. The summed E-state index contributed by atoms with van der Waals surface area (Å²) in [6, 6.07) is 6.10. The van der Waals surface area contributed by atoms with Crippen molar-refractivity contribution in [1.82, 2.24) is 4.98 Å². The summed E-state index contributed by atoms with van der Waals surface area (Å²) in [7, 11) is 0. The molecule has 0 radical (unpaired) electrons. The Morgan fingerprint density at radius 2 is 1.95 bits per heavy atom. The summed E-state index contributed by atoms with van der Waals surface area (Å²) < 4.78 is 44.4. The molecule has 3 nitrogen and oxygen atoms in total. The highest BCUT2D eigenvalue weighted by Gasteiger charge is 2.35. The second-order valence-electron chi connectivity index (χ2n) is 4.20. The van der Waals surface area contributed by atoms with Gasteiger partial charge in [0.1, 0.15) is 16.7 Å². The van der Waals surface area contributed by atoms with Gasteiger partial charge >= 0.3 is 6.18 Å². The van der Waals surface area contributed by atoms with E-state index in [4.69, 9.17) is 21.6 Å². The van der Waals surface area contributed by atoms with E-state index in [0.29, 0.717) is 5.56 Å². The molecule has 1 heterocycles. The van der Waals surface area contributed by atoms with Crippen molar-refractivity contribution < 1.29 is 17.9 Å². The number of aryl methyl sites for hydroxylation is 1. The third kappa shape index (κ3) is 3.44. The monoisotopic (exact) mass is 312 g/mol. The van der Waals surface area contributed by atoms with Crippen LogP contribution in [0.1, 0.15) is 16.7 Å². The lowest BCUT2D eigenvalue weighted by atomic mass is 10.1. The third-order valence-corrected chi connectivity index (χ3v) is 2.86. The second kappa shape index (κ2) is 5.62. The molecule has 7 heteroatoms. The number of hydrogen-bond donors (Lipinski definition) is 0. The van der Waals surface area contributed by atoms with Crippen molar-refractivity contribution in [2.45, 2.75) is 13.1 Å². The Balaban J connectivity index is 2.49. The summed E-state index contributed by atoms with van der Waals surface area (Å²) >= 11 is 5.70. The predicted molar refractivity (Wildman–Crippen MR) is 70.2 cm³/mol. The molecule has 1 aromatic carbocycles. The predicted octanol–water partition coefficient (Wildman–Crippen LogP) is 4.73. The SMILES string of the molecule is Cc1cnc(Cl)cc1Oc1ccc(C#N)cc1C(F)(F)F. The second-order valence-corrected chi connectivity index (χ2v) is 4.58. The van der Waals surface area contributed by atoms with Crippen molar-refractivity contribution in [2.75, 3.05) is 0 Å². The standard InChI is InChI=1S/C14H8ClF3N2O/c1-8-7-20-13(15)5-12(8)21-11-3-2-9(6-19)4-10(11)14(16,17)18/h2-5,7H,1H3. The first-order valence-corrected chi connectivity index (χ1v) is 6.10. The van der Waals surface area contributed by atoms with Crippen molar-refractivity contribution in [1.29, 1.82) is 5.26 Å². The quantitative estimate of drug-likeness (QED) is 0.753. The topological polar surface area (TPSA) is 45.9 Å². The lowest BCUT2D eigenvalue weighted by Crippen LogP contribution is -2.08. The summed E-state index contributed by atoms with van der Waals surface area (Å²) in [5.74, 6) is -0.225. The molecular weight excluding hydrogens is 305 g/mol. The largest absolute Gasteiger partial charge is 0.456 e. The van der Waals surface area contributed by atoms with E-state index in [2.05, 4.69) is 4.98 Å². The number of hydrogen-bond acceptors (Lipinski definition) is 3. The maximum absolute atomic E-state index is 13.0. The lowest BCUT2D eigenvalue weighted by Gasteiger charge is -2.15. The van der Waals surface area contributed by atoms with Crippen LogP contribution in [0.4, 0.5) is 13.2 Å². The van der Waals surface area contributed by atoms with E-state index in [1.54, 1.807) is 13.0 Å². The van der Waals surface area contributed by atoms with E-state index < -0.39 is 17.5 Å². The lowest BCUT2D eigenvalue weighted by molar-refractivity contribution is -0.138. The molecule has 0 aliphatic carbocycles. The molecule has 0 saturated heterocycles. The van der Waals surface area contributed by atoms with Gasteiger partial charge in [0.25, 0.3) is 0 Å². The maximum atomic E-state index is 13.0. The molecule has 0 amide bonds. The van der Waals surface area contributed by atoms with Gasteiger partial charge < -0.3 is 4.74 Å². The first kappa shape index (κ1) is 15.1. The van der Waals surface area contributed by atoms with Crippen molar-refractivity contribution in [3.05, 3.63) is 52.3 Å². The molecule has 0 bridgehead atoms. The summed E-state index contributed by atoms with van der Waals surface area (Å²) in [5.41, 5.74) is -0.579. The molecular formula is C14H8ClF3N2O. The molecule has 21 heavy (non-hydrogen) atoms. The van der Waals surface area contributed by atoms with Crippen molar-refractivity contribution in [2.24, 2.45) is 0 Å². The zero-order valence-corrected chi connectivity index (χ0v) is 11.5. The van der Waals surface area contributed by atoms with Crippen LogP contribution in [0, 0.1) is 18.3 Å². The van der Waals surface area contributed by atoms with Crippen LogP contribution in [0.5, 0.6) is 11.5 Å². The number of ether oxygens (including phenoxy) is 1. The summed E-state index contributed by atoms with van der Waals surface area (Å²) in [5, 5.41) is 8.81. The van der Waals surface area contributed by atoms with E-state index >= 15 is 0 Å². The molecule has 1 aromatic heterocycles. The van der Waals surface area contributed by atoms with E-state index in [0.717, 1.165) is 12.1 Å². The highest BCUT2D eigenvalue weighted by atomic mass is 35.5. The van der Waals surface area contributed by atoms with Gasteiger partial charge in [-0.05, 0) is 25.1 Å². The minimum atomic E-state index is -4.63. The Hall–Kier alpha value is -2.26. The van der Waals surface area contributed by atoms with Crippen molar-refractivity contribution >= 4 is 11.6 Å². The first-order valence-electron chi connectivity index (χ1n) is 5.72. The Kier molecular flexibility index (Phi) is 4.05. The molecule has 2 rings (SSSR count). The van der Waals surface area contributed by atoms with Crippen LogP contribution < -0.4 is 4.74 Å². The van der Waals surface area contributed by atoms with Crippen LogP contribution in [0.15, 0.2) is 30.5 Å². The highest BCUT2D eigenvalue weighted by Crippen LogP contribution is 2.39. The zero-order valence-electron chi connectivity index (χ0n) is 10.7. The molecule has 0 fully saturated rings. The van der Waals surface area contributed by atoms with Crippen LogP contribution in [-0.2, 0) is 6.18 Å². The Morgan fingerprint density at radius 3 is 2.57 bits per heavy atom. The highest BCUT2D eigenvalue weighted by molar-refractivity contribution is 6.29. The van der Waals surface area contributed by atoms with Crippen LogP contribution in [0.25, 0.3) is 0 Å². The molecule has 0 saturated carbocycles. The average molecular weight is 313 g/mol. The van der Waals surface area contributed by atoms with E-state index in [1.807, 2.05) is 0 Å². The summed E-state index contributed by atoms with van der Waals surface area (Å²) in [6.07, 6.45) is -3.23. The van der Waals surface area contributed by atoms with E-state index in [-0.39, 0.29) is 16.5 Å². The van der Waals surface area contributed by atoms with Crippen molar-refractivity contribution in [3.8, 4) is 17.6 Å². The number of aromatic nitrogens is 1. The summed E-state index contributed by atoms with van der Waals surface area (Å²) in [6.45, 7) is 1.63. The Labute approximate surface area is 123 Å². The maximum Gasteiger partial charge on any atom is 0.420 e. The van der Waals surface area contributed by atoms with Crippen LogP contribution in [-0.4, -0.2) is 4.98 Å². The number of pyridine rings is 1. The normalized spacial score (nSPS) is 11.0. The molecule has 0 N–H and O–H groups in total. The Bertz CT molecular complexity index is 723. The van der Waals surface area contributed by atoms with Gasteiger partial charge in [-0.2, -0.15) is 18.4 Å². The van der Waals surface area contributed by atoms with Crippen LogP contribution in [0.3, 0.4) is 0 Å². The molecule has 0 aliphatic rings. The fourth-order valence-electron chi connectivity index (χ4n) is 1.62.